The van der Waals surface area contributed by atoms with Crippen LogP contribution in [0.3, 0.4) is 0 Å². The van der Waals surface area contributed by atoms with Crippen LogP contribution in [0.25, 0.3) is 0 Å². The summed E-state index contributed by atoms with van der Waals surface area (Å²) >= 11 is 0. The Bertz CT molecular complexity index is 213. The molecule has 108 valence electrons. The van der Waals surface area contributed by atoms with Gasteiger partial charge in [0.15, 0.2) is 0 Å². The van der Waals surface area contributed by atoms with Gasteiger partial charge in [0.05, 0.1) is 13.2 Å². The molecule has 2 unspecified atom stereocenters. The fourth-order valence-corrected chi connectivity index (χ4v) is 4.00. The molecule has 0 aliphatic carbocycles. The Hall–Kier alpha value is 0.0169. The first-order chi connectivity index (χ1) is 8.76. The average molecular weight is 278 g/mol. The van der Waals surface area contributed by atoms with E-state index in [1.165, 1.54) is 0 Å². The Morgan fingerprint density at radius 3 is 2.56 bits per heavy atom. The molecule has 1 aliphatic rings. The molecule has 18 heavy (non-hydrogen) atoms. The lowest BCUT2D eigenvalue weighted by Crippen LogP contribution is -2.45. The zero-order valence-electron chi connectivity index (χ0n) is 11.8. The Morgan fingerprint density at radius 2 is 2.00 bits per heavy atom. The van der Waals surface area contributed by atoms with Crippen molar-refractivity contribution in [3.63, 3.8) is 0 Å². The lowest BCUT2D eigenvalue weighted by atomic mass is 10.5. The van der Waals surface area contributed by atoms with Crippen molar-refractivity contribution in [2.45, 2.75) is 38.8 Å². The molecule has 1 aliphatic heterocycles. The third-order valence-corrected chi connectivity index (χ3v) is 5.64. The third kappa shape index (κ3) is 6.26. The number of hydrogen-bond donors (Lipinski definition) is 0. The molecule has 5 nitrogen and oxygen atoms in total. The van der Waals surface area contributed by atoms with Gasteiger partial charge in [-0.15, -0.1) is 0 Å². The highest BCUT2D eigenvalue weighted by Gasteiger charge is 2.39. The van der Waals surface area contributed by atoms with E-state index in [-0.39, 0.29) is 0 Å². The van der Waals surface area contributed by atoms with Crippen molar-refractivity contribution in [2.75, 3.05) is 40.1 Å². The van der Waals surface area contributed by atoms with Crippen LogP contribution in [-0.2, 0) is 22.8 Å². The standard InChI is InChI=1S/C12H26O5Si/c1-4-7-17-18(13-3,16-5-2)9-6-8-14-10-12-11-15-12/h12H,4-11H2,1-3H3. The first kappa shape index (κ1) is 16.1. The van der Waals surface area contributed by atoms with Gasteiger partial charge in [0.25, 0.3) is 0 Å². The lowest BCUT2D eigenvalue weighted by Gasteiger charge is -2.27. The number of hydrogen-bond acceptors (Lipinski definition) is 5. The van der Waals surface area contributed by atoms with Gasteiger partial charge in [0.1, 0.15) is 6.10 Å². The van der Waals surface area contributed by atoms with E-state index >= 15 is 0 Å². The van der Waals surface area contributed by atoms with E-state index in [9.17, 15) is 0 Å². The van der Waals surface area contributed by atoms with Crippen LogP contribution >= 0.6 is 0 Å². The predicted octanol–water partition coefficient (Wildman–Crippen LogP) is 1.84. The molecule has 0 aromatic carbocycles. The van der Waals surface area contributed by atoms with Crippen LogP contribution < -0.4 is 0 Å². The predicted molar refractivity (Wildman–Crippen MR) is 70.6 cm³/mol. The minimum absolute atomic E-state index is 0.331. The summed E-state index contributed by atoms with van der Waals surface area (Å²) in [5.74, 6) is 0. The Labute approximate surface area is 111 Å². The fraction of sp³-hybridized carbons (Fsp3) is 1.00. The second-order valence-electron chi connectivity index (χ2n) is 4.30. The largest absolute Gasteiger partial charge is 0.500 e. The highest BCUT2D eigenvalue weighted by Crippen LogP contribution is 2.18. The maximum atomic E-state index is 5.82. The first-order valence-corrected chi connectivity index (χ1v) is 8.72. The molecule has 0 aromatic rings. The summed E-state index contributed by atoms with van der Waals surface area (Å²) in [4.78, 5) is 0. The first-order valence-electron chi connectivity index (χ1n) is 6.78. The summed E-state index contributed by atoms with van der Waals surface area (Å²) in [5.41, 5.74) is 0. The Morgan fingerprint density at radius 1 is 1.22 bits per heavy atom. The van der Waals surface area contributed by atoms with Crippen molar-refractivity contribution >= 4 is 8.80 Å². The van der Waals surface area contributed by atoms with E-state index in [1.54, 1.807) is 7.11 Å². The number of epoxide rings is 1. The molecule has 6 heteroatoms. The van der Waals surface area contributed by atoms with Crippen LogP contribution in [0.4, 0.5) is 0 Å². The molecule has 1 saturated heterocycles. The molecule has 0 spiro atoms. The minimum Gasteiger partial charge on any atom is -0.379 e. The van der Waals surface area contributed by atoms with E-state index in [0.717, 1.165) is 25.5 Å². The van der Waals surface area contributed by atoms with E-state index in [0.29, 0.717) is 32.5 Å². The molecule has 0 aromatic heterocycles. The molecule has 0 saturated carbocycles. The fourth-order valence-electron chi connectivity index (χ4n) is 1.65. The molecule has 2 atom stereocenters. The minimum atomic E-state index is -2.46. The van der Waals surface area contributed by atoms with Gasteiger partial charge >= 0.3 is 8.80 Å². The van der Waals surface area contributed by atoms with E-state index < -0.39 is 8.80 Å². The van der Waals surface area contributed by atoms with E-state index in [4.69, 9.17) is 22.8 Å². The van der Waals surface area contributed by atoms with Crippen molar-refractivity contribution in [1.29, 1.82) is 0 Å². The van der Waals surface area contributed by atoms with Gasteiger partial charge in [-0.25, -0.2) is 0 Å². The van der Waals surface area contributed by atoms with E-state index in [1.807, 2.05) is 6.92 Å². The molecular formula is C12H26O5Si. The second kappa shape index (κ2) is 9.01. The number of rotatable bonds is 12. The summed E-state index contributed by atoms with van der Waals surface area (Å²) in [6.07, 6.45) is 2.20. The van der Waals surface area contributed by atoms with Gasteiger partial charge in [-0.3, -0.25) is 0 Å². The SMILES string of the molecule is CCCO[Si](CCCOCC1CO1)(OC)OCC. The third-order valence-electron chi connectivity index (χ3n) is 2.68. The van der Waals surface area contributed by atoms with Crippen molar-refractivity contribution < 1.29 is 22.8 Å². The molecular weight excluding hydrogens is 252 g/mol. The normalized spacial score (nSPS) is 21.8. The topological polar surface area (TPSA) is 49.5 Å². The smallest absolute Gasteiger partial charge is 0.379 e. The summed E-state index contributed by atoms with van der Waals surface area (Å²) < 4.78 is 27.7. The van der Waals surface area contributed by atoms with Crippen LogP contribution in [-0.4, -0.2) is 55.1 Å². The van der Waals surface area contributed by atoms with Crippen molar-refractivity contribution in [1.82, 2.24) is 0 Å². The molecule has 0 radical (unpaired) electrons. The Balaban J connectivity index is 2.19. The molecule has 0 amide bonds. The van der Waals surface area contributed by atoms with Crippen LogP contribution in [0.2, 0.25) is 6.04 Å². The molecule has 1 fully saturated rings. The maximum absolute atomic E-state index is 5.82. The van der Waals surface area contributed by atoms with Gasteiger partial charge in [-0.1, -0.05) is 6.92 Å². The van der Waals surface area contributed by atoms with Gasteiger partial charge in [0, 0.05) is 33.0 Å². The maximum Gasteiger partial charge on any atom is 0.500 e. The van der Waals surface area contributed by atoms with Crippen molar-refractivity contribution in [2.24, 2.45) is 0 Å². The van der Waals surface area contributed by atoms with Crippen LogP contribution in [0.1, 0.15) is 26.7 Å². The highest BCUT2D eigenvalue weighted by atomic mass is 28.4. The van der Waals surface area contributed by atoms with Gasteiger partial charge in [0.2, 0.25) is 0 Å². The quantitative estimate of drug-likeness (QED) is 0.310. The second-order valence-corrected chi connectivity index (χ2v) is 7.15. The van der Waals surface area contributed by atoms with Gasteiger partial charge < -0.3 is 22.8 Å². The van der Waals surface area contributed by atoms with E-state index in [2.05, 4.69) is 6.92 Å². The van der Waals surface area contributed by atoms with Crippen LogP contribution in [0.15, 0.2) is 0 Å². The number of ether oxygens (including phenoxy) is 2. The zero-order valence-corrected chi connectivity index (χ0v) is 12.8. The van der Waals surface area contributed by atoms with Crippen LogP contribution in [0, 0.1) is 0 Å². The highest BCUT2D eigenvalue weighted by molar-refractivity contribution is 6.60. The van der Waals surface area contributed by atoms with Crippen molar-refractivity contribution in [3.8, 4) is 0 Å². The Kier molecular flexibility index (Phi) is 8.04. The molecule has 0 bridgehead atoms. The van der Waals surface area contributed by atoms with Gasteiger partial charge in [-0.05, 0) is 19.8 Å². The summed E-state index contributed by atoms with van der Waals surface area (Å²) in [6.45, 7) is 7.62. The lowest BCUT2D eigenvalue weighted by molar-refractivity contribution is 0.0739. The summed E-state index contributed by atoms with van der Waals surface area (Å²) in [5, 5.41) is 0. The zero-order chi connectivity index (χ0) is 13.3. The summed E-state index contributed by atoms with van der Waals surface area (Å²) in [7, 11) is -0.786. The average Bonchev–Trinajstić information content (AvgIpc) is 3.19. The molecule has 0 N–H and O–H groups in total. The molecule has 1 rings (SSSR count). The summed E-state index contributed by atoms with van der Waals surface area (Å²) in [6, 6.07) is 0.808. The monoisotopic (exact) mass is 278 g/mol. The molecule has 1 heterocycles. The van der Waals surface area contributed by atoms with Crippen molar-refractivity contribution in [3.05, 3.63) is 0 Å². The van der Waals surface area contributed by atoms with Crippen LogP contribution in [0.5, 0.6) is 0 Å². The van der Waals surface area contributed by atoms with Gasteiger partial charge in [-0.2, -0.15) is 0 Å².